The molecule has 6 heteroatoms. The predicted molar refractivity (Wildman–Crippen MR) is 132 cm³/mol. The number of Topliss-reactive ketones (excluding diaryl/α,β-unsaturated/α-hetero) is 1. The number of carbonyl (C=O) groups is 2. The first-order chi connectivity index (χ1) is 17.1. The number of hydrogen-bond donors (Lipinski definition) is 1. The number of fused-ring (bicyclic) bond motifs is 2. The second-order valence-electron chi connectivity index (χ2n) is 9.10. The minimum atomic E-state index is -0.769. The Hall–Kier alpha value is -4.06. The van der Waals surface area contributed by atoms with Gasteiger partial charge in [0.1, 0.15) is 19.0 Å². The van der Waals surface area contributed by atoms with Crippen LogP contribution in [0.5, 0.6) is 11.5 Å². The van der Waals surface area contributed by atoms with Gasteiger partial charge in [0, 0.05) is 17.3 Å². The molecule has 1 saturated heterocycles. The highest BCUT2D eigenvalue weighted by Crippen LogP contribution is 2.44. The topological polar surface area (TPSA) is 76.1 Å². The summed E-state index contributed by atoms with van der Waals surface area (Å²) >= 11 is 0. The Morgan fingerprint density at radius 1 is 0.829 bits per heavy atom. The highest BCUT2D eigenvalue weighted by molar-refractivity contribution is 6.51. The Bertz CT molecular complexity index is 1360. The molecule has 3 aliphatic rings. The summed E-state index contributed by atoms with van der Waals surface area (Å²) in [5, 5.41) is 11.4. The summed E-state index contributed by atoms with van der Waals surface area (Å²) in [4.78, 5) is 28.2. The van der Waals surface area contributed by atoms with Gasteiger partial charge in [0.15, 0.2) is 11.5 Å². The van der Waals surface area contributed by atoms with Crippen molar-refractivity contribution in [2.45, 2.75) is 31.7 Å². The van der Waals surface area contributed by atoms with E-state index in [1.807, 2.05) is 48.5 Å². The molecule has 0 radical (unpaired) electrons. The summed E-state index contributed by atoms with van der Waals surface area (Å²) in [5.74, 6) is -0.413. The molecule has 35 heavy (non-hydrogen) atoms. The van der Waals surface area contributed by atoms with E-state index in [9.17, 15) is 14.7 Å². The molecule has 6 nitrogen and oxygen atoms in total. The number of hydrogen-bond acceptors (Lipinski definition) is 5. The second kappa shape index (κ2) is 8.62. The van der Waals surface area contributed by atoms with E-state index in [4.69, 9.17) is 9.47 Å². The van der Waals surface area contributed by atoms with Gasteiger partial charge in [0.25, 0.3) is 11.7 Å². The number of amides is 1. The first-order valence-corrected chi connectivity index (χ1v) is 12.0. The van der Waals surface area contributed by atoms with Gasteiger partial charge in [-0.1, -0.05) is 42.5 Å². The van der Waals surface area contributed by atoms with Crippen LogP contribution in [-0.2, 0) is 22.4 Å². The second-order valence-corrected chi connectivity index (χ2v) is 9.10. The van der Waals surface area contributed by atoms with E-state index >= 15 is 0 Å². The first-order valence-electron chi connectivity index (χ1n) is 12.0. The average Bonchev–Trinajstić information content (AvgIpc) is 3.18. The fourth-order valence-electron chi connectivity index (χ4n) is 5.27. The summed E-state index contributed by atoms with van der Waals surface area (Å²) in [6.45, 7) is 0.872. The van der Waals surface area contributed by atoms with Gasteiger partial charge in [-0.25, -0.2) is 0 Å². The van der Waals surface area contributed by atoms with Crippen LogP contribution in [0.25, 0.3) is 5.76 Å². The maximum absolute atomic E-state index is 13.4. The highest BCUT2D eigenvalue weighted by atomic mass is 16.6. The van der Waals surface area contributed by atoms with Crippen molar-refractivity contribution in [2.24, 2.45) is 0 Å². The van der Waals surface area contributed by atoms with Crippen molar-refractivity contribution in [2.75, 3.05) is 18.1 Å². The number of benzene rings is 3. The molecule has 1 N–H and O–H groups in total. The van der Waals surface area contributed by atoms with Crippen LogP contribution in [0.2, 0.25) is 0 Å². The molecule has 176 valence electrons. The van der Waals surface area contributed by atoms with Crippen molar-refractivity contribution < 1.29 is 24.2 Å². The molecule has 1 fully saturated rings. The number of aryl methyl sites for hydroxylation is 2. The van der Waals surface area contributed by atoms with Crippen LogP contribution in [0.15, 0.2) is 72.3 Å². The Kier molecular flexibility index (Phi) is 5.29. The molecule has 0 saturated carbocycles. The van der Waals surface area contributed by atoms with E-state index in [0.29, 0.717) is 36.0 Å². The molecule has 3 aromatic rings. The summed E-state index contributed by atoms with van der Waals surface area (Å²) in [6.07, 6.45) is 4.24. The Balaban J connectivity index is 1.50. The van der Waals surface area contributed by atoms with E-state index in [0.717, 1.165) is 31.2 Å². The lowest BCUT2D eigenvalue weighted by Gasteiger charge is -2.27. The Labute approximate surface area is 203 Å². The van der Waals surface area contributed by atoms with E-state index < -0.39 is 17.7 Å². The van der Waals surface area contributed by atoms with Crippen LogP contribution in [0, 0.1) is 0 Å². The molecule has 0 bridgehead atoms. The molecular weight excluding hydrogens is 442 g/mol. The first kappa shape index (κ1) is 21.5. The number of aliphatic hydroxyl groups is 1. The maximum Gasteiger partial charge on any atom is 0.300 e. The molecule has 1 amide bonds. The van der Waals surface area contributed by atoms with Crippen molar-refractivity contribution in [1.29, 1.82) is 0 Å². The fraction of sp³-hybridized carbons (Fsp3) is 0.241. The maximum atomic E-state index is 13.4. The monoisotopic (exact) mass is 467 g/mol. The summed E-state index contributed by atoms with van der Waals surface area (Å²) in [6, 6.07) is 19.6. The molecule has 3 aromatic carbocycles. The van der Waals surface area contributed by atoms with Gasteiger partial charge < -0.3 is 14.6 Å². The average molecular weight is 468 g/mol. The van der Waals surface area contributed by atoms with Gasteiger partial charge >= 0.3 is 0 Å². The highest BCUT2D eigenvalue weighted by Gasteiger charge is 2.47. The summed E-state index contributed by atoms with van der Waals surface area (Å²) in [5.41, 5.74) is 4.37. The summed E-state index contributed by atoms with van der Waals surface area (Å²) < 4.78 is 11.3. The molecule has 2 heterocycles. The third-order valence-electron chi connectivity index (χ3n) is 6.99. The molecule has 1 atom stereocenters. The van der Waals surface area contributed by atoms with Crippen LogP contribution in [0.3, 0.4) is 0 Å². The lowest BCUT2D eigenvalue weighted by molar-refractivity contribution is -0.132. The smallest absolute Gasteiger partial charge is 0.300 e. The number of rotatable bonds is 3. The van der Waals surface area contributed by atoms with E-state index in [1.54, 1.807) is 18.2 Å². The lowest BCUT2D eigenvalue weighted by Crippen LogP contribution is -2.29. The Morgan fingerprint density at radius 3 is 2.37 bits per heavy atom. The van der Waals surface area contributed by atoms with Gasteiger partial charge in [-0.2, -0.15) is 0 Å². The van der Waals surface area contributed by atoms with Gasteiger partial charge in [0.2, 0.25) is 0 Å². The van der Waals surface area contributed by atoms with Crippen molar-refractivity contribution in [1.82, 2.24) is 0 Å². The number of ether oxygens (including phenoxy) is 2. The van der Waals surface area contributed by atoms with Crippen LogP contribution in [0.4, 0.5) is 5.69 Å². The zero-order valence-corrected chi connectivity index (χ0v) is 19.2. The quantitative estimate of drug-likeness (QED) is 0.335. The van der Waals surface area contributed by atoms with Gasteiger partial charge in [-0.3, -0.25) is 14.5 Å². The normalized spacial score (nSPS) is 20.6. The molecular formula is C29H25NO5. The number of aliphatic hydroxyl groups excluding tert-OH is 1. The largest absolute Gasteiger partial charge is 0.507 e. The number of anilines is 1. The van der Waals surface area contributed by atoms with Crippen molar-refractivity contribution in [3.63, 3.8) is 0 Å². The number of ketones is 1. The predicted octanol–water partition coefficient (Wildman–Crippen LogP) is 4.96. The molecule has 6 rings (SSSR count). The third-order valence-corrected chi connectivity index (χ3v) is 6.99. The Morgan fingerprint density at radius 2 is 1.57 bits per heavy atom. The molecule has 2 aliphatic heterocycles. The lowest BCUT2D eigenvalue weighted by atomic mass is 9.88. The van der Waals surface area contributed by atoms with Crippen molar-refractivity contribution >= 4 is 23.1 Å². The fourth-order valence-corrected chi connectivity index (χ4v) is 5.27. The molecule has 1 unspecified atom stereocenters. The van der Waals surface area contributed by atoms with Gasteiger partial charge in [-0.05, 0) is 60.6 Å². The van der Waals surface area contributed by atoms with Crippen molar-refractivity contribution in [3.8, 4) is 11.5 Å². The van der Waals surface area contributed by atoms with E-state index in [-0.39, 0.29) is 11.3 Å². The molecule has 0 spiro atoms. The third kappa shape index (κ3) is 3.66. The van der Waals surface area contributed by atoms with E-state index in [2.05, 4.69) is 0 Å². The zero-order valence-electron chi connectivity index (χ0n) is 19.2. The van der Waals surface area contributed by atoms with Gasteiger partial charge in [-0.15, -0.1) is 0 Å². The van der Waals surface area contributed by atoms with E-state index in [1.165, 1.54) is 16.0 Å². The minimum absolute atomic E-state index is 0.0897. The van der Waals surface area contributed by atoms with Crippen LogP contribution >= 0.6 is 0 Å². The molecule has 1 aliphatic carbocycles. The van der Waals surface area contributed by atoms with Gasteiger partial charge in [0.05, 0.1) is 11.6 Å². The van der Waals surface area contributed by atoms with Crippen LogP contribution in [-0.4, -0.2) is 30.0 Å². The number of nitrogens with zero attached hydrogens (tertiary/aromatic N) is 1. The SMILES string of the molecule is O=C1C(=O)N(c2ccc3c(c2)OCCO3)C(c2ccccc2)/C1=C(\O)c1ccc2c(c1)CCCC2. The number of carbonyl (C=O) groups excluding carboxylic acids is 2. The zero-order chi connectivity index (χ0) is 23.9. The minimum Gasteiger partial charge on any atom is -0.507 e. The molecule has 0 aromatic heterocycles. The van der Waals surface area contributed by atoms with Crippen LogP contribution < -0.4 is 14.4 Å². The standard InChI is InChI=1S/C29H25NO5/c31-27(21-11-10-18-6-4-5-9-20(18)16-21)25-26(19-7-2-1-3-8-19)30(29(33)28(25)32)22-12-13-23-24(17-22)35-15-14-34-23/h1-3,7-8,10-13,16-17,26,31H,4-6,9,14-15H2/b27-25+. The summed E-state index contributed by atoms with van der Waals surface area (Å²) in [7, 11) is 0. The van der Waals surface area contributed by atoms with Crippen LogP contribution in [0.1, 0.15) is 41.1 Å². The van der Waals surface area contributed by atoms with Crippen molar-refractivity contribution in [3.05, 3.63) is 94.6 Å².